The quantitative estimate of drug-likeness (QED) is 0.807. The molecule has 0 radical (unpaired) electrons. The number of ether oxygens (including phenoxy) is 1. The molecule has 1 aromatic carbocycles. The first-order valence-electron chi connectivity index (χ1n) is 8.15. The van der Waals surface area contributed by atoms with Crippen molar-refractivity contribution >= 4 is 5.91 Å². The Kier molecular flexibility index (Phi) is 6.44. The lowest BCUT2D eigenvalue weighted by molar-refractivity contribution is -0.129. The molecular formula is C19H26N2O3. The maximum atomic E-state index is 12.3. The van der Waals surface area contributed by atoms with Crippen LogP contribution in [0.4, 0.5) is 0 Å². The highest BCUT2D eigenvalue weighted by atomic mass is 16.5. The summed E-state index contributed by atoms with van der Waals surface area (Å²) in [5, 5.41) is 3.37. The molecule has 0 saturated carbocycles. The molecule has 1 atom stereocenters. The fraction of sp³-hybridized carbons (Fsp3) is 0.421. The van der Waals surface area contributed by atoms with Gasteiger partial charge in [0.25, 0.3) is 0 Å². The van der Waals surface area contributed by atoms with Gasteiger partial charge in [-0.2, -0.15) is 0 Å². The molecule has 2 aromatic rings. The highest BCUT2D eigenvalue weighted by Crippen LogP contribution is 2.23. The number of rotatable bonds is 8. The summed E-state index contributed by atoms with van der Waals surface area (Å²) in [6, 6.07) is 11.8. The first-order chi connectivity index (χ1) is 11.5. The topological polar surface area (TPSA) is 54.7 Å². The molecule has 2 rings (SSSR count). The molecule has 0 bridgehead atoms. The van der Waals surface area contributed by atoms with E-state index < -0.39 is 0 Å². The lowest BCUT2D eigenvalue weighted by Gasteiger charge is -2.24. The summed E-state index contributed by atoms with van der Waals surface area (Å²) in [5.74, 6) is 2.00. The van der Waals surface area contributed by atoms with Crippen molar-refractivity contribution in [2.45, 2.75) is 26.4 Å². The van der Waals surface area contributed by atoms with Crippen LogP contribution in [0.25, 0.3) is 0 Å². The Morgan fingerprint density at radius 2 is 1.96 bits per heavy atom. The number of hydrogen-bond donors (Lipinski definition) is 1. The number of nitrogens with zero attached hydrogens (tertiary/aromatic N) is 1. The van der Waals surface area contributed by atoms with E-state index in [2.05, 4.69) is 19.2 Å². The third kappa shape index (κ3) is 4.86. The van der Waals surface area contributed by atoms with E-state index in [-0.39, 0.29) is 18.5 Å². The highest BCUT2D eigenvalue weighted by molar-refractivity contribution is 5.78. The molecule has 0 aliphatic carbocycles. The maximum Gasteiger partial charge on any atom is 0.236 e. The van der Waals surface area contributed by atoms with Crippen molar-refractivity contribution in [2.75, 3.05) is 20.7 Å². The van der Waals surface area contributed by atoms with Crippen LogP contribution in [0.3, 0.4) is 0 Å². The normalized spacial score (nSPS) is 12.2. The van der Waals surface area contributed by atoms with Gasteiger partial charge in [0.1, 0.15) is 11.5 Å². The van der Waals surface area contributed by atoms with Crippen LogP contribution in [0.15, 0.2) is 47.1 Å². The standard InChI is InChI=1S/C19H26N2O3/c1-14(2)19(15-7-9-16(23-4)10-8-15)20-12-18(22)21(3)13-17-6-5-11-24-17/h5-11,14,19-20H,12-13H2,1-4H3/t19-/m1/s1. The van der Waals surface area contributed by atoms with Crippen LogP contribution in [-0.4, -0.2) is 31.5 Å². The SMILES string of the molecule is COc1ccc([C@H](NCC(=O)N(C)Cc2ccco2)C(C)C)cc1. The van der Waals surface area contributed by atoms with Gasteiger partial charge in [-0.3, -0.25) is 4.79 Å². The number of benzene rings is 1. The minimum absolute atomic E-state index is 0.0329. The number of likely N-dealkylation sites (N-methyl/N-ethyl adjacent to an activating group) is 1. The second kappa shape index (κ2) is 8.55. The molecule has 5 nitrogen and oxygen atoms in total. The zero-order chi connectivity index (χ0) is 17.5. The van der Waals surface area contributed by atoms with Crippen LogP contribution >= 0.6 is 0 Å². The third-order valence-corrected chi connectivity index (χ3v) is 4.01. The zero-order valence-corrected chi connectivity index (χ0v) is 14.8. The molecule has 0 aliphatic heterocycles. The highest BCUT2D eigenvalue weighted by Gasteiger charge is 2.18. The average molecular weight is 330 g/mol. The molecule has 0 unspecified atom stereocenters. The maximum absolute atomic E-state index is 12.3. The summed E-state index contributed by atoms with van der Waals surface area (Å²) in [4.78, 5) is 14.0. The van der Waals surface area contributed by atoms with Crippen LogP contribution in [0.5, 0.6) is 5.75 Å². The van der Waals surface area contributed by atoms with E-state index >= 15 is 0 Å². The summed E-state index contributed by atoms with van der Waals surface area (Å²) in [6.07, 6.45) is 1.62. The molecule has 1 aromatic heterocycles. The van der Waals surface area contributed by atoms with Gasteiger partial charge >= 0.3 is 0 Å². The number of amides is 1. The van der Waals surface area contributed by atoms with E-state index in [1.54, 1.807) is 25.3 Å². The number of hydrogen-bond acceptors (Lipinski definition) is 4. The van der Waals surface area contributed by atoms with Crippen LogP contribution in [0.2, 0.25) is 0 Å². The van der Waals surface area contributed by atoms with Gasteiger partial charge in [-0.25, -0.2) is 0 Å². The van der Waals surface area contributed by atoms with Gasteiger partial charge in [0.05, 0.1) is 26.5 Å². The lowest BCUT2D eigenvalue weighted by Crippen LogP contribution is -2.38. The smallest absolute Gasteiger partial charge is 0.236 e. The Labute approximate surface area is 143 Å². The molecule has 1 amide bonds. The van der Waals surface area contributed by atoms with Crippen molar-refractivity contribution in [1.82, 2.24) is 10.2 Å². The van der Waals surface area contributed by atoms with Gasteiger partial charge in [0.2, 0.25) is 5.91 Å². The summed E-state index contributed by atoms with van der Waals surface area (Å²) in [5.41, 5.74) is 1.15. The zero-order valence-electron chi connectivity index (χ0n) is 14.8. The number of carbonyl (C=O) groups is 1. The molecule has 1 heterocycles. The van der Waals surface area contributed by atoms with E-state index in [4.69, 9.17) is 9.15 Å². The summed E-state index contributed by atoms with van der Waals surface area (Å²) < 4.78 is 10.5. The average Bonchev–Trinajstić information content (AvgIpc) is 3.08. The Hall–Kier alpha value is -2.27. The monoisotopic (exact) mass is 330 g/mol. The fourth-order valence-electron chi connectivity index (χ4n) is 2.61. The Morgan fingerprint density at radius 1 is 1.25 bits per heavy atom. The number of methoxy groups -OCH3 is 1. The van der Waals surface area contributed by atoms with Crippen molar-refractivity contribution in [3.63, 3.8) is 0 Å². The third-order valence-electron chi connectivity index (χ3n) is 4.01. The van der Waals surface area contributed by atoms with Crippen molar-refractivity contribution in [1.29, 1.82) is 0 Å². The Morgan fingerprint density at radius 3 is 2.50 bits per heavy atom. The molecule has 1 N–H and O–H groups in total. The summed E-state index contributed by atoms with van der Waals surface area (Å²) >= 11 is 0. The van der Waals surface area contributed by atoms with Crippen molar-refractivity contribution < 1.29 is 13.9 Å². The predicted octanol–water partition coefficient (Wildman–Crippen LogP) is 3.23. The molecule has 0 aliphatic rings. The summed E-state index contributed by atoms with van der Waals surface area (Å²) in [6.45, 7) is 5.03. The van der Waals surface area contributed by atoms with Crippen molar-refractivity contribution in [2.24, 2.45) is 5.92 Å². The molecular weight excluding hydrogens is 304 g/mol. The molecule has 0 fully saturated rings. The van der Waals surface area contributed by atoms with Crippen molar-refractivity contribution in [3.8, 4) is 5.75 Å². The first kappa shape index (κ1) is 18.1. The van der Waals surface area contributed by atoms with Gasteiger partial charge < -0.3 is 19.4 Å². The van der Waals surface area contributed by atoms with Gasteiger partial charge in [-0.05, 0) is 35.7 Å². The molecule has 0 spiro atoms. The van der Waals surface area contributed by atoms with Crippen LogP contribution in [0.1, 0.15) is 31.2 Å². The Balaban J connectivity index is 1.93. The lowest BCUT2D eigenvalue weighted by atomic mass is 9.96. The van der Waals surface area contributed by atoms with E-state index in [0.717, 1.165) is 17.1 Å². The molecule has 24 heavy (non-hydrogen) atoms. The predicted molar refractivity (Wildman–Crippen MR) is 93.8 cm³/mol. The van der Waals surface area contributed by atoms with E-state index in [0.29, 0.717) is 12.5 Å². The fourth-order valence-corrected chi connectivity index (χ4v) is 2.61. The van der Waals surface area contributed by atoms with Gasteiger partial charge in [-0.15, -0.1) is 0 Å². The number of carbonyl (C=O) groups excluding carboxylic acids is 1. The molecule has 130 valence electrons. The van der Waals surface area contributed by atoms with Crippen LogP contribution in [0, 0.1) is 5.92 Å². The minimum Gasteiger partial charge on any atom is -0.497 e. The summed E-state index contributed by atoms with van der Waals surface area (Å²) in [7, 11) is 3.44. The van der Waals surface area contributed by atoms with Crippen molar-refractivity contribution in [3.05, 3.63) is 54.0 Å². The molecule has 5 heteroatoms. The van der Waals surface area contributed by atoms with E-state index in [9.17, 15) is 4.79 Å². The largest absolute Gasteiger partial charge is 0.497 e. The second-order valence-corrected chi connectivity index (χ2v) is 6.20. The Bertz CT molecular complexity index is 621. The second-order valence-electron chi connectivity index (χ2n) is 6.20. The van der Waals surface area contributed by atoms with Gasteiger partial charge in [-0.1, -0.05) is 26.0 Å². The van der Waals surface area contributed by atoms with E-state index in [1.807, 2.05) is 36.4 Å². The number of furan rings is 1. The minimum atomic E-state index is 0.0329. The van der Waals surface area contributed by atoms with Crippen LogP contribution in [-0.2, 0) is 11.3 Å². The van der Waals surface area contributed by atoms with Gasteiger partial charge in [0, 0.05) is 13.1 Å². The first-order valence-corrected chi connectivity index (χ1v) is 8.15. The van der Waals surface area contributed by atoms with Crippen LogP contribution < -0.4 is 10.1 Å². The van der Waals surface area contributed by atoms with Gasteiger partial charge in [0.15, 0.2) is 0 Å². The number of nitrogens with one attached hydrogen (secondary N) is 1. The van der Waals surface area contributed by atoms with E-state index in [1.165, 1.54) is 0 Å². The molecule has 0 saturated heterocycles.